The van der Waals surface area contributed by atoms with Crippen LogP contribution in [0.1, 0.15) is 24.1 Å². The molecule has 1 heterocycles. The van der Waals surface area contributed by atoms with E-state index in [0.717, 1.165) is 25.2 Å². The molecule has 0 atom stereocenters. The van der Waals surface area contributed by atoms with Crippen LogP contribution in [0.4, 0.5) is 0 Å². The number of unbranched alkanes of at least 4 members (excludes halogenated alkanes) is 1. The van der Waals surface area contributed by atoms with Crippen LogP contribution in [0, 0.1) is 11.3 Å². The lowest BCUT2D eigenvalue weighted by atomic mass is 10.2. The predicted octanol–water partition coefficient (Wildman–Crippen LogP) is 1.38. The lowest BCUT2D eigenvalue weighted by Crippen LogP contribution is -2.18. The van der Waals surface area contributed by atoms with Crippen molar-refractivity contribution in [3.63, 3.8) is 0 Å². The molecule has 0 amide bonds. The number of aromatic nitrogens is 1. The van der Waals surface area contributed by atoms with Crippen molar-refractivity contribution < 1.29 is 0 Å². The minimum absolute atomic E-state index is 0.483. The summed E-state index contributed by atoms with van der Waals surface area (Å²) < 4.78 is 0. The molecule has 0 fully saturated rings. The fourth-order valence-electron chi connectivity index (χ4n) is 1.56. The van der Waals surface area contributed by atoms with E-state index in [9.17, 15) is 0 Å². The monoisotopic (exact) mass is 232 g/mol. The number of nitrogens with zero attached hydrogens (tertiary/aromatic N) is 3. The zero-order chi connectivity index (χ0) is 12.5. The van der Waals surface area contributed by atoms with Crippen molar-refractivity contribution in [2.45, 2.75) is 19.4 Å². The molecule has 0 spiro atoms. The maximum atomic E-state index is 8.72. The Morgan fingerprint density at radius 1 is 1.41 bits per heavy atom. The highest BCUT2D eigenvalue weighted by molar-refractivity contribution is 5.25. The van der Waals surface area contributed by atoms with E-state index >= 15 is 0 Å². The zero-order valence-electron chi connectivity index (χ0n) is 10.6. The van der Waals surface area contributed by atoms with Crippen LogP contribution in [0.15, 0.2) is 18.3 Å². The number of hydrogen-bond donors (Lipinski definition) is 1. The second kappa shape index (κ2) is 7.77. The summed E-state index contributed by atoms with van der Waals surface area (Å²) in [5.41, 5.74) is 1.60. The molecule has 0 aliphatic carbocycles. The van der Waals surface area contributed by atoms with Crippen LogP contribution in [0.25, 0.3) is 0 Å². The highest BCUT2D eigenvalue weighted by atomic mass is 15.0. The molecule has 0 bridgehead atoms. The first kappa shape index (κ1) is 13.6. The van der Waals surface area contributed by atoms with Crippen molar-refractivity contribution in [3.05, 3.63) is 29.6 Å². The van der Waals surface area contributed by atoms with Gasteiger partial charge in [-0.15, -0.1) is 0 Å². The zero-order valence-corrected chi connectivity index (χ0v) is 10.6. The van der Waals surface area contributed by atoms with Gasteiger partial charge in [0.05, 0.1) is 0 Å². The molecule has 1 N–H and O–H groups in total. The average Bonchev–Trinajstić information content (AvgIpc) is 2.33. The number of nitrogens with one attached hydrogen (secondary N) is 1. The second-order valence-corrected chi connectivity index (χ2v) is 4.35. The molecule has 17 heavy (non-hydrogen) atoms. The summed E-state index contributed by atoms with van der Waals surface area (Å²) in [5, 5.41) is 12.1. The van der Waals surface area contributed by atoms with Gasteiger partial charge >= 0.3 is 0 Å². The van der Waals surface area contributed by atoms with Crippen molar-refractivity contribution in [1.82, 2.24) is 15.2 Å². The first-order chi connectivity index (χ1) is 8.22. The Morgan fingerprint density at radius 3 is 2.94 bits per heavy atom. The molecule has 0 saturated carbocycles. The van der Waals surface area contributed by atoms with E-state index in [1.54, 1.807) is 6.20 Å². The Labute approximate surface area is 103 Å². The summed E-state index contributed by atoms with van der Waals surface area (Å²) in [5.74, 6) is 0. The maximum absolute atomic E-state index is 8.72. The first-order valence-corrected chi connectivity index (χ1v) is 5.93. The molecule has 0 radical (unpaired) electrons. The number of pyridine rings is 1. The van der Waals surface area contributed by atoms with Crippen molar-refractivity contribution >= 4 is 0 Å². The van der Waals surface area contributed by atoms with Crippen molar-refractivity contribution in [1.29, 1.82) is 5.26 Å². The smallest absolute Gasteiger partial charge is 0.140 e. The van der Waals surface area contributed by atoms with Gasteiger partial charge in [0.25, 0.3) is 0 Å². The summed E-state index contributed by atoms with van der Waals surface area (Å²) in [7, 11) is 4.18. The lowest BCUT2D eigenvalue weighted by molar-refractivity contribution is 0.391. The van der Waals surface area contributed by atoms with Crippen molar-refractivity contribution in [2.75, 3.05) is 27.2 Å². The van der Waals surface area contributed by atoms with E-state index in [1.807, 2.05) is 18.2 Å². The van der Waals surface area contributed by atoms with Crippen LogP contribution in [-0.2, 0) is 6.54 Å². The van der Waals surface area contributed by atoms with Gasteiger partial charge in [-0.1, -0.05) is 0 Å². The molecule has 92 valence electrons. The predicted molar refractivity (Wildman–Crippen MR) is 68.4 cm³/mol. The van der Waals surface area contributed by atoms with Crippen LogP contribution in [0.3, 0.4) is 0 Å². The molecule has 4 heteroatoms. The third kappa shape index (κ3) is 6.00. The van der Waals surface area contributed by atoms with Crippen LogP contribution in [0.2, 0.25) is 0 Å². The quantitative estimate of drug-likeness (QED) is 0.722. The van der Waals surface area contributed by atoms with E-state index in [2.05, 4.69) is 29.3 Å². The Kier molecular flexibility index (Phi) is 6.23. The molecule has 0 aromatic carbocycles. The number of rotatable bonds is 7. The topological polar surface area (TPSA) is 52.0 Å². The molecular weight excluding hydrogens is 212 g/mol. The van der Waals surface area contributed by atoms with Crippen LogP contribution in [-0.4, -0.2) is 37.1 Å². The Morgan fingerprint density at radius 2 is 2.24 bits per heavy atom. The summed E-state index contributed by atoms with van der Waals surface area (Å²) >= 11 is 0. The van der Waals surface area contributed by atoms with Crippen LogP contribution < -0.4 is 5.32 Å². The van der Waals surface area contributed by atoms with E-state index in [4.69, 9.17) is 5.26 Å². The summed E-state index contributed by atoms with van der Waals surface area (Å²) in [6, 6.07) is 5.81. The normalized spacial score (nSPS) is 10.5. The molecule has 0 unspecified atom stereocenters. The second-order valence-electron chi connectivity index (χ2n) is 4.35. The van der Waals surface area contributed by atoms with E-state index in [-0.39, 0.29) is 0 Å². The van der Waals surface area contributed by atoms with Gasteiger partial charge < -0.3 is 10.2 Å². The lowest BCUT2D eigenvalue weighted by Gasteiger charge is -2.09. The van der Waals surface area contributed by atoms with E-state index in [1.165, 1.54) is 12.8 Å². The Balaban J connectivity index is 2.16. The molecule has 1 rings (SSSR count). The standard InChI is InChI=1S/C13H20N4/c1-17(2)8-4-3-6-15-11-12-5-7-16-13(9-12)10-14/h5,7,9,15H,3-4,6,8,11H2,1-2H3. The summed E-state index contributed by atoms with van der Waals surface area (Å²) in [6.07, 6.45) is 4.07. The fraction of sp³-hybridized carbons (Fsp3) is 0.538. The number of hydrogen-bond acceptors (Lipinski definition) is 4. The largest absolute Gasteiger partial charge is 0.313 e. The minimum atomic E-state index is 0.483. The van der Waals surface area contributed by atoms with Gasteiger partial charge in [0.1, 0.15) is 11.8 Å². The van der Waals surface area contributed by atoms with Gasteiger partial charge in [-0.05, 0) is 57.7 Å². The molecule has 1 aromatic rings. The van der Waals surface area contributed by atoms with Crippen LogP contribution >= 0.6 is 0 Å². The third-order valence-corrected chi connectivity index (χ3v) is 2.48. The maximum Gasteiger partial charge on any atom is 0.140 e. The minimum Gasteiger partial charge on any atom is -0.313 e. The van der Waals surface area contributed by atoms with Gasteiger partial charge in [-0.2, -0.15) is 5.26 Å². The fourth-order valence-corrected chi connectivity index (χ4v) is 1.56. The van der Waals surface area contributed by atoms with Crippen LogP contribution in [0.5, 0.6) is 0 Å². The highest BCUT2D eigenvalue weighted by Gasteiger charge is 1.96. The molecule has 0 aliphatic rings. The van der Waals surface area contributed by atoms with E-state index in [0.29, 0.717) is 5.69 Å². The Hall–Kier alpha value is -1.44. The average molecular weight is 232 g/mol. The van der Waals surface area contributed by atoms with E-state index < -0.39 is 0 Å². The molecule has 0 aliphatic heterocycles. The van der Waals surface area contributed by atoms with Crippen molar-refractivity contribution in [3.8, 4) is 6.07 Å². The number of nitriles is 1. The van der Waals surface area contributed by atoms with Crippen molar-refractivity contribution in [2.24, 2.45) is 0 Å². The molecule has 4 nitrogen and oxygen atoms in total. The van der Waals surface area contributed by atoms with Gasteiger partial charge in [-0.25, -0.2) is 4.98 Å². The molecule has 0 saturated heterocycles. The first-order valence-electron chi connectivity index (χ1n) is 5.93. The Bertz CT molecular complexity index is 368. The van der Waals surface area contributed by atoms with Gasteiger partial charge in [0, 0.05) is 12.7 Å². The van der Waals surface area contributed by atoms with Gasteiger partial charge in [-0.3, -0.25) is 0 Å². The molecule has 1 aromatic heterocycles. The van der Waals surface area contributed by atoms with Gasteiger partial charge in [0.15, 0.2) is 0 Å². The molecular formula is C13H20N4. The SMILES string of the molecule is CN(C)CCCCNCc1ccnc(C#N)c1. The summed E-state index contributed by atoms with van der Waals surface area (Å²) in [6.45, 7) is 2.95. The third-order valence-electron chi connectivity index (χ3n) is 2.48. The van der Waals surface area contributed by atoms with Gasteiger partial charge in [0.2, 0.25) is 0 Å². The summed E-state index contributed by atoms with van der Waals surface area (Å²) in [4.78, 5) is 6.14. The highest BCUT2D eigenvalue weighted by Crippen LogP contribution is 2.00.